The Bertz CT molecular complexity index is 509. The van der Waals surface area contributed by atoms with Gasteiger partial charge in [-0.2, -0.15) is 0 Å². The molecule has 0 fully saturated rings. The molecule has 0 amide bonds. The van der Waals surface area contributed by atoms with Crippen molar-refractivity contribution in [3.8, 4) is 0 Å². The standard InChI is InChI=1S/C12H16ClN3S/c1-4-9(7(2)3)14-10-8-5-6-17-11(8)16-12(13)15-10/h5-7,9H,4H2,1-3H3,(H,14,15,16). The van der Waals surface area contributed by atoms with E-state index in [9.17, 15) is 0 Å². The molecule has 1 unspecified atom stereocenters. The molecular formula is C12H16ClN3S. The lowest BCUT2D eigenvalue weighted by atomic mass is 10.0. The molecule has 5 heteroatoms. The van der Waals surface area contributed by atoms with E-state index in [2.05, 4.69) is 36.1 Å². The lowest BCUT2D eigenvalue weighted by Gasteiger charge is -2.21. The molecule has 0 aliphatic rings. The van der Waals surface area contributed by atoms with Crippen LogP contribution in [0.15, 0.2) is 11.4 Å². The highest BCUT2D eigenvalue weighted by Gasteiger charge is 2.14. The fraction of sp³-hybridized carbons (Fsp3) is 0.500. The SMILES string of the molecule is CCC(Nc1nc(Cl)nc2sccc12)C(C)C. The molecule has 2 rings (SSSR count). The number of hydrogen-bond donors (Lipinski definition) is 1. The van der Waals surface area contributed by atoms with E-state index in [4.69, 9.17) is 11.6 Å². The topological polar surface area (TPSA) is 37.8 Å². The largest absolute Gasteiger partial charge is 0.366 e. The highest BCUT2D eigenvalue weighted by Crippen LogP contribution is 2.27. The maximum absolute atomic E-state index is 5.93. The van der Waals surface area contributed by atoms with E-state index in [1.165, 1.54) is 0 Å². The number of nitrogens with zero attached hydrogens (tertiary/aromatic N) is 2. The summed E-state index contributed by atoms with van der Waals surface area (Å²) in [5.41, 5.74) is 0. The minimum absolute atomic E-state index is 0.307. The summed E-state index contributed by atoms with van der Waals surface area (Å²) in [6, 6.07) is 2.44. The molecule has 1 N–H and O–H groups in total. The highest BCUT2D eigenvalue weighted by atomic mass is 35.5. The maximum atomic E-state index is 5.93. The third-order valence-corrected chi connectivity index (χ3v) is 3.84. The Morgan fingerprint density at radius 3 is 2.82 bits per heavy atom. The minimum atomic E-state index is 0.307. The molecule has 0 spiro atoms. The number of hydrogen-bond acceptors (Lipinski definition) is 4. The zero-order valence-corrected chi connectivity index (χ0v) is 11.8. The minimum Gasteiger partial charge on any atom is -0.366 e. The van der Waals surface area contributed by atoms with Gasteiger partial charge < -0.3 is 5.32 Å². The van der Waals surface area contributed by atoms with Gasteiger partial charge in [-0.25, -0.2) is 9.97 Å². The van der Waals surface area contributed by atoms with Crippen LogP contribution in [0.25, 0.3) is 10.2 Å². The molecule has 17 heavy (non-hydrogen) atoms. The predicted molar refractivity (Wildman–Crippen MR) is 75.0 cm³/mol. The van der Waals surface area contributed by atoms with Crippen molar-refractivity contribution in [2.45, 2.75) is 33.2 Å². The molecule has 2 heterocycles. The van der Waals surface area contributed by atoms with Crippen molar-refractivity contribution in [3.63, 3.8) is 0 Å². The summed E-state index contributed by atoms with van der Waals surface area (Å²) >= 11 is 7.51. The number of rotatable bonds is 4. The van der Waals surface area contributed by atoms with Crippen molar-refractivity contribution < 1.29 is 0 Å². The van der Waals surface area contributed by atoms with Gasteiger partial charge in [0.2, 0.25) is 5.28 Å². The molecule has 2 aromatic heterocycles. The molecule has 1 atom stereocenters. The van der Waals surface area contributed by atoms with Crippen LogP contribution in [0.3, 0.4) is 0 Å². The molecule has 92 valence electrons. The molecule has 0 bridgehead atoms. The van der Waals surface area contributed by atoms with Gasteiger partial charge in [0.25, 0.3) is 0 Å². The van der Waals surface area contributed by atoms with Gasteiger partial charge in [-0.15, -0.1) is 11.3 Å². The lowest BCUT2D eigenvalue weighted by Crippen LogP contribution is -2.25. The first kappa shape index (κ1) is 12.6. The number of halogens is 1. The van der Waals surface area contributed by atoms with Crippen molar-refractivity contribution in [2.24, 2.45) is 5.92 Å². The van der Waals surface area contributed by atoms with E-state index in [1.807, 2.05) is 11.4 Å². The number of fused-ring (bicyclic) bond motifs is 1. The van der Waals surface area contributed by atoms with E-state index in [0.717, 1.165) is 22.5 Å². The first-order chi connectivity index (χ1) is 8.11. The van der Waals surface area contributed by atoms with Crippen LogP contribution in [0.1, 0.15) is 27.2 Å². The molecule has 0 saturated carbocycles. The summed E-state index contributed by atoms with van der Waals surface area (Å²) in [7, 11) is 0. The van der Waals surface area contributed by atoms with Crippen molar-refractivity contribution in [3.05, 3.63) is 16.7 Å². The monoisotopic (exact) mass is 269 g/mol. The van der Waals surface area contributed by atoms with Crippen LogP contribution in [0, 0.1) is 5.92 Å². The second-order valence-corrected chi connectivity index (χ2v) is 5.62. The fourth-order valence-electron chi connectivity index (χ4n) is 1.86. The van der Waals surface area contributed by atoms with Crippen LogP contribution >= 0.6 is 22.9 Å². The average molecular weight is 270 g/mol. The molecule has 3 nitrogen and oxygen atoms in total. The second-order valence-electron chi connectivity index (χ2n) is 4.38. The Kier molecular flexibility index (Phi) is 3.84. The van der Waals surface area contributed by atoms with Crippen LogP contribution < -0.4 is 5.32 Å². The van der Waals surface area contributed by atoms with Crippen molar-refractivity contribution in [2.75, 3.05) is 5.32 Å². The van der Waals surface area contributed by atoms with Gasteiger partial charge in [0, 0.05) is 6.04 Å². The normalized spacial score (nSPS) is 13.2. The number of nitrogens with one attached hydrogen (secondary N) is 1. The number of thiophene rings is 1. The van der Waals surface area contributed by atoms with Gasteiger partial charge in [-0.1, -0.05) is 20.8 Å². The summed E-state index contributed by atoms with van der Waals surface area (Å²) in [6.07, 6.45) is 1.06. The average Bonchev–Trinajstić information content (AvgIpc) is 2.72. The summed E-state index contributed by atoms with van der Waals surface area (Å²) in [4.78, 5) is 9.44. The molecule has 0 aromatic carbocycles. The van der Waals surface area contributed by atoms with Gasteiger partial charge in [-0.05, 0) is 35.4 Å². The first-order valence-corrected chi connectivity index (χ1v) is 7.04. The van der Waals surface area contributed by atoms with Crippen molar-refractivity contribution in [1.82, 2.24) is 9.97 Å². The third-order valence-electron chi connectivity index (χ3n) is 2.86. The van der Waals surface area contributed by atoms with Crippen LogP contribution in [-0.4, -0.2) is 16.0 Å². The van der Waals surface area contributed by atoms with Crippen molar-refractivity contribution >= 4 is 39.0 Å². The number of aromatic nitrogens is 2. The van der Waals surface area contributed by atoms with E-state index >= 15 is 0 Å². The smallest absolute Gasteiger partial charge is 0.225 e. The molecule has 0 aliphatic heterocycles. The van der Waals surface area contributed by atoms with Crippen LogP contribution in [0.2, 0.25) is 5.28 Å². The van der Waals surface area contributed by atoms with Gasteiger partial charge >= 0.3 is 0 Å². The van der Waals surface area contributed by atoms with Gasteiger partial charge in [0.1, 0.15) is 10.6 Å². The predicted octanol–water partition coefficient (Wildman–Crippen LogP) is 4.19. The maximum Gasteiger partial charge on any atom is 0.225 e. The van der Waals surface area contributed by atoms with E-state index in [0.29, 0.717) is 17.2 Å². The summed E-state index contributed by atoms with van der Waals surface area (Å²) in [5.74, 6) is 1.41. The summed E-state index contributed by atoms with van der Waals surface area (Å²) in [5, 5.41) is 6.84. The van der Waals surface area contributed by atoms with Crippen LogP contribution in [0.4, 0.5) is 5.82 Å². The Hall–Kier alpha value is -0.870. The Balaban J connectivity index is 2.37. The van der Waals surface area contributed by atoms with Gasteiger partial charge in [0.15, 0.2) is 0 Å². The molecular weight excluding hydrogens is 254 g/mol. The zero-order chi connectivity index (χ0) is 12.4. The van der Waals surface area contributed by atoms with Crippen molar-refractivity contribution in [1.29, 1.82) is 0 Å². The van der Waals surface area contributed by atoms with Gasteiger partial charge in [-0.3, -0.25) is 0 Å². The second kappa shape index (κ2) is 5.19. The van der Waals surface area contributed by atoms with Gasteiger partial charge in [0.05, 0.1) is 5.39 Å². The third kappa shape index (κ3) is 2.69. The lowest BCUT2D eigenvalue weighted by molar-refractivity contribution is 0.510. The van der Waals surface area contributed by atoms with Crippen LogP contribution in [0.5, 0.6) is 0 Å². The molecule has 0 saturated heterocycles. The first-order valence-electron chi connectivity index (χ1n) is 5.79. The number of anilines is 1. The van der Waals surface area contributed by atoms with E-state index in [-0.39, 0.29) is 0 Å². The van der Waals surface area contributed by atoms with Crippen LogP contribution in [-0.2, 0) is 0 Å². The summed E-state index contributed by atoms with van der Waals surface area (Å²) < 4.78 is 0. The summed E-state index contributed by atoms with van der Waals surface area (Å²) in [6.45, 7) is 6.58. The Morgan fingerprint density at radius 2 is 2.18 bits per heavy atom. The molecule has 0 radical (unpaired) electrons. The fourth-order valence-corrected chi connectivity index (χ4v) is 2.84. The highest BCUT2D eigenvalue weighted by molar-refractivity contribution is 7.16. The molecule has 2 aromatic rings. The van der Waals surface area contributed by atoms with E-state index < -0.39 is 0 Å². The quantitative estimate of drug-likeness (QED) is 0.846. The zero-order valence-electron chi connectivity index (χ0n) is 10.2. The van der Waals surface area contributed by atoms with E-state index in [1.54, 1.807) is 11.3 Å². The Morgan fingerprint density at radius 1 is 1.41 bits per heavy atom. The molecule has 0 aliphatic carbocycles. The Labute approximate surface area is 110 Å².